The Labute approximate surface area is 174 Å². The molecule has 5 aromatic rings. The molecule has 30 heavy (non-hydrogen) atoms. The van der Waals surface area contributed by atoms with Gasteiger partial charge in [0, 0.05) is 48.7 Å². The second kappa shape index (κ2) is 7.75. The summed E-state index contributed by atoms with van der Waals surface area (Å²) in [5.74, 6) is 1.40. The Morgan fingerprint density at radius 3 is 2.60 bits per heavy atom. The van der Waals surface area contributed by atoms with E-state index in [1.165, 1.54) is 0 Å². The number of fused-ring (bicyclic) bond motifs is 1. The van der Waals surface area contributed by atoms with E-state index in [9.17, 15) is 0 Å². The van der Waals surface area contributed by atoms with Crippen molar-refractivity contribution < 1.29 is 0 Å². The van der Waals surface area contributed by atoms with E-state index >= 15 is 0 Å². The number of pyridine rings is 2. The van der Waals surface area contributed by atoms with Crippen LogP contribution in [0.4, 0.5) is 5.82 Å². The molecule has 0 unspecified atom stereocenters. The van der Waals surface area contributed by atoms with E-state index in [1.54, 1.807) is 12.4 Å². The maximum atomic E-state index is 4.88. The van der Waals surface area contributed by atoms with E-state index in [-0.39, 0.29) is 0 Å². The Morgan fingerprint density at radius 2 is 1.80 bits per heavy atom. The molecule has 0 radical (unpaired) electrons. The number of rotatable bonds is 5. The molecule has 6 heteroatoms. The van der Waals surface area contributed by atoms with Gasteiger partial charge in [0.15, 0.2) is 11.6 Å². The monoisotopic (exact) mass is 392 g/mol. The van der Waals surface area contributed by atoms with E-state index in [0.717, 1.165) is 39.2 Å². The molecule has 1 N–H and O–H groups in total. The van der Waals surface area contributed by atoms with E-state index in [0.29, 0.717) is 12.4 Å². The molecule has 4 aromatic heterocycles. The molecular formula is C24H20N6. The summed E-state index contributed by atoms with van der Waals surface area (Å²) in [5.41, 5.74) is 6.18. The van der Waals surface area contributed by atoms with Gasteiger partial charge in [0.1, 0.15) is 5.52 Å². The second-order valence-corrected chi connectivity index (χ2v) is 7.14. The SMILES string of the molecule is Cc1cncc(-c2nc(NCc3cccnc3)c3c(-c4ccccc4)ccn3n2)c1. The maximum absolute atomic E-state index is 4.88. The molecular weight excluding hydrogens is 372 g/mol. The first-order chi connectivity index (χ1) is 14.8. The Hall–Kier alpha value is -4.06. The van der Waals surface area contributed by atoms with Crippen molar-refractivity contribution >= 4 is 11.3 Å². The molecule has 0 saturated heterocycles. The minimum Gasteiger partial charge on any atom is -0.364 e. The van der Waals surface area contributed by atoms with Gasteiger partial charge in [0.05, 0.1) is 0 Å². The van der Waals surface area contributed by atoms with Crippen molar-refractivity contribution in [3.8, 4) is 22.5 Å². The lowest BCUT2D eigenvalue weighted by atomic mass is 10.1. The van der Waals surface area contributed by atoms with E-state index in [1.807, 2.05) is 66.4 Å². The van der Waals surface area contributed by atoms with Crippen LogP contribution in [0.5, 0.6) is 0 Å². The first-order valence-corrected chi connectivity index (χ1v) is 9.77. The predicted octanol–water partition coefficient (Wildman–Crippen LogP) is 4.77. The summed E-state index contributed by atoms with van der Waals surface area (Å²) in [4.78, 5) is 13.4. The molecule has 0 atom stereocenters. The molecule has 0 aliphatic carbocycles. The zero-order chi connectivity index (χ0) is 20.3. The number of benzene rings is 1. The highest BCUT2D eigenvalue weighted by Gasteiger charge is 2.15. The number of hydrogen-bond donors (Lipinski definition) is 1. The minimum atomic E-state index is 0.616. The summed E-state index contributed by atoms with van der Waals surface area (Å²) in [6, 6.07) is 18.4. The zero-order valence-corrected chi connectivity index (χ0v) is 16.5. The second-order valence-electron chi connectivity index (χ2n) is 7.14. The number of hydrogen-bond acceptors (Lipinski definition) is 5. The molecule has 5 rings (SSSR count). The molecule has 4 heterocycles. The Kier molecular flexibility index (Phi) is 4.65. The van der Waals surface area contributed by atoms with Crippen molar-refractivity contribution in [2.24, 2.45) is 0 Å². The van der Waals surface area contributed by atoms with Crippen LogP contribution in [0.25, 0.3) is 28.0 Å². The van der Waals surface area contributed by atoms with Crippen LogP contribution in [-0.2, 0) is 6.54 Å². The number of nitrogens with one attached hydrogen (secondary N) is 1. The van der Waals surface area contributed by atoms with Crippen LogP contribution in [0.15, 0.2) is 85.6 Å². The Morgan fingerprint density at radius 1 is 0.900 bits per heavy atom. The standard InChI is InChI=1S/C24H20N6/c1-17-12-20(16-26-13-17)23-28-24(27-15-18-6-5-10-25-14-18)22-21(9-11-30(22)29-23)19-7-3-2-4-8-19/h2-14,16H,15H2,1H3,(H,27,28,29). The van der Waals surface area contributed by atoms with Gasteiger partial charge in [-0.15, -0.1) is 5.10 Å². The average Bonchev–Trinajstić information content (AvgIpc) is 3.23. The minimum absolute atomic E-state index is 0.616. The molecule has 0 bridgehead atoms. The van der Waals surface area contributed by atoms with Crippen molar-refractivity contribution in [3.05, 3.63) is 96.7 Å². The summed E-state index contributed by atoms with van der Waals surface area (Å²) in [7, 11) is 0. The highest BCUT2D eigenvalue weighted by molar-refractivity contribution is 5.89. The first-order valence-electron chi connectivity index (χ1n) is 9.77. The molecule has 0 saturated carbocycles. The normalized spacial score (nSPS) is 11.0. The fourth-order valence-electron chi connectivity index (χ4n) is 3.49. The van der Waals surface area contributed by atoms with Crippen LogP contribution in [0.1, 0.15) is 11.1 Å². The van der Waals surface area contributed by atoms with Gasteiger partial charge < -0.3 is 5.32 Å². The number of anilines is 1. The summed E-state index contributed by atoms with van der Waals surface area (Å²) in [6.45, 7) is 2.63. The third-order valence-electron chi connectivity index (χ3n) is 4.91. The lowest BCUT2D eigenvalue weighted by Crippen LogP contribution is -2.07. The quantitative estimate of drug-likeness (QED) is 0.466. The van der Waals surface area contributed by atoms with E-state index < -0.39 is 0 Å². The van der Waals surface area contributed by atoms with E-state index in [2.05, 4.69) is 33.5 Å². The van der Waals surface area contributed by atoms with Gasteiger partial charge >= 0.3 is 0 Å². The van der Waals surface area contributed by atoms with Crippen molar-refractivity contribution in [1.29, 1.82) is 0 Å². The highest BCUT2D eigenvalue weighted by Crippen LogP contribution is 2.31. The van der Waals surface area contributed by atoms with Crippen molar-refractivity contribution in [2.45, 2.75) is 13.5 Å². The largest absolute Gasteiger partial charge is 0.364 e. The Bertz CT molecular complexity index is 1300. The molecule has 0 aliphatic heterocycles. The van der Waals surface area contributed by atoms with Crippen molar-refractivity contribution in [1.82, 2.24) is 24.6 Å². The van der Waals surface area contributed by atoms with Crippen LogP contribution in [-0.4, -0.2) is 24.6 Å². The summed E-state index contributed by atoms with van der Waals surface area (Å²) in [5, 5.41) is 8.25. The Balaban J connectivity index is 1.65. The highest BCUT2D eigenvalue weighted by atomic mass is 15.3. The van der Waals surface area contributed by atoms with Gasteiger partial charge in [0.25, 0.3) is 0 Å². The van der Waals surface area contributed by atoms with Crippen molar-refractivity contribution in [2.75, 3.05) is 5.32 Å². The van der Waals surface area contributed by atoms with Gasteiger partial charge in [-0.1, -0.05) is 36.4 Å². The van der Waals surface area contributed by atoms with Gasteiger partial charge in [0.2, 0.25) is 0 Å². The van der Waals surface area contributed by atoms with Gasteiger partial charge in [-0.25, -0.2) is 9.50 Å². The summed E-state index contributed by atoms with van der Waals surface area (Å²) >= 11 is 0. The van der Waals surface area contributed by atoms with E-state index in [4.69, 9.17) is 10.1 Å². The van der Waals surface area contributed by atoms with Gasteiger partial charge in [-0.05, 0) is 41.8 Å². The van der Waals surface area contributed by atoms with Crippen LogP contribution >= 0.6 is 0 Å². The molecule has 0 fully saturated rings. The summed E-state index contributed by atoms with van der Waals surface area (Å²) in [6.07, 6.45) is 9.22. The van der Waals surface area contributed by atoms with Gasteiger partial charge in [-0.2, -0.15) is 0 Å². The van der Waals surface area contributed by atoms with Crippen LogP contribution in [0, 0.1) is 6.92 Å². The van der Waals surface area contributed by atoms with Crippen molar-refractivity contribution in [3.63, 3.8) is 0 Å². The molecule has 6 nitrogen and oxygen atoms in total. The molecule has 0 spiro atoms. The summed E-state index contributed by atoms with van der Waals surface area (Å²) < 4.78 is 1.89. The number of aryl methyl sites for hydroxylation is 1. The molecule has 1 aromatic carbocycles. The van der Waals surface area contributed by atoms with Gasteiger partial charge in [-0.3, -0.25) is 9.97 Å². The lowest BCUT2D eigenvalue weighted by Gasteiger charge is -2.12. The zero-order valence-electron chi connectivity index (χ0n) is 16.5. The third kappa shape index (κ3) is 3.51. The molecule has 0 aliphatic rings. The van der Waals surface area contributed by atoms with Crippen LogP contribution in [0.2, 0.25) is 0 Å². The topological polar surface area (TPSA) is 68.0 Å². The fraction of sp³-hybridized carbons (Fsp3) is 0.0833. The smallest absolute Gasteiger partial charge is 0.183 e. The third-order valence-corrected chi connectivity index (χ3v) is 4.91. The molecule has 0 amide bonds. The fourth-order valence-corrected chi connectivity index (χ4v) is 3.49. The van der Waals surface area contributed by atoms with Crippen LogP contribution in [0.3, 0.4) is 0 Å². The number of aromatic nitrogens is 5. The average molecular weight is 392 g/mol. The number of nitrogens with zero attached hydrogens (tertiary/aromatic N) is 5. The van der Waals surface area contributed by atoms with Crippen LogP contribution < -0.4 is 5.32 Å². The molecule has 146 valence electrons. The predicted molar refractivity (Wildman–Crippen MR) is 118 cm³/mol. The lowest BCUT2D eigenvalue weighted by molar-refractivity contribution is 0.907. The maximum Gasteiger partial charge on any atom is 0.183 e. The first kappa shape index (κ1) is 18.0.